The number of amides is 1. The van der Waals surface area contributed by atoms with Crippen molar-refractivity contribution in [3.05, 3.63) is 0 Å². The van der Waals surface area contributed by atoms with Gasteiger partial charge in [0, 0.05) is 6.54 Å². The normalized spacial score (nSPS) is 27.4. The van der Waals surface area contributed by atoms with E-state index in [0.717, 1.165) is 19.3 Å². The van der Waals surface area contributed by atoms with Crippen LogP contribution >= 0.6 is 0 Å². The molecular weight excluding hydrogens is 236 g/mol. The molecule has 102 valence electrons. The monoisotopic (exact) mass is 256 g/mol. The third-order valence-corrected chi connectivity index (χ3v) is 3.72. The van der Waals surface area contributed by atoms with Crippen LogP contribution in [0.2, 0.25) is 0 Å². The van der Waals surface area contributed by atoms with Crippen LogP contribution in [0.5, 0.6) is 0 Å². The van der Waals surface area contributed by atoms with Gasteiger partial charge in [-0.15, -0.1) is 0 Å². The molecule has 0 spiro atoms. The molecule has 1 saturated carbocycles. The lowest BCUT2D eigenvalue weighted by atomic mass is 9.81. The molecule has 0 radical (unpaired) electrons. The van der Waals surface area contributed by atoms with Crippen molar-refractivity contribution < 1.29 is 19.4 Å². The highest BCUT2D eigenvalue weighted by Gasteiger charge is 2.42. The highest BCUT2D eigenvalue weighted by atomic mass is 16.5. The van der Waals surface area contributed by atoms with Crippen molar-refractivity contribution in [2.45, 2.75) is 43.7 Å². The number of carboxylic acids is 1. The number of carbonyl (C=O) groups excluding carboxylic acids is 1. The van der Waals surface area contributed by atoms with E-state index < -0.39 is 17.6 Å². The molecule has 1 unspecified atom stereocenters. The van der Waals surface area contributed by atoms with Crippen LogP contribution in [0.4, 0.5) is 0 Å². The van der Waals surface area contributed by atoms with E-state index in [4.69, 9.17) is 4.74 Å². The Morgan fingerprint density at radius 1 is 1.28 bits per heavy atom. The molecule has 1 heterocycles. The standard InChI is InChI=1S/C12H20N2O4/c15-10(9-8-18-7-6-13-9)14-12(11(16)17)4-2-1-3-5-12/h9,13H,1-8H2,(H,14,15)(H,16,17). The first-order valence-corrected chi connectivity index (χ1v) is 6.51. The Morgan fingerprint density at radius 2 is 2.00 bits per heavy atom. The average Bonchev–Trinajstić information content (AvgIpc) is 2.40. The minimum atomic E-state index is -1.07. The van der Waals surface area contributed by atoms with Crippen molar-refractivity contribution >= 4 is 11.9 Å². The van der Waals surface area contributed by atoms with Crippen molar-refractivity contribution in [2.24, 2.45) is 0 Å². The molecule has 3 N–H and O–H groups in total. The molecule has 0 aromatic heterocycles. The molecule has 0 aromatic rings. The smallest absolute Gasteiger partial charge is 0.329 e. The van der Waals surface area contributed by atoms with Crippen LogP contribution in [-0.4, -0.2) is 48.3 Å². The van der Waals surface area contributed by atoms with Gasteiger partial charge in [0.2, 0.25) is 5.91 Å². The molecule has 1 aliphatic heterocycles. The highest BCUT2D eigenvalue weighted by molar-refractivity contribution is 5.89. The molecule has 1 amide bonds. The molecule has 0 aromatic carbocycles. The summed E-state index contributed by atoms with van der Waals surface area (Å²) in [4.78, 5) is 23.5. The summed E-state index contributed by atoms with van der Waals surface area (Å²) in [5.41, 5.74) is -1.07. The zero-order valence-corrected chi connectivity index (χ0v) is 10.4. The molecule has 0 bridgehead atoms. The van der Waals surface area contributed by atoms with Crippen LogP contribution in [0.15, 0.2) is 0 Å². The Bertz CT molecular complexity index is 320. The average molecular weight is 256 g/mol. The van der Waals surface area contributed by atoms with Crippen molar-refractivity contribution in [1.29, 1.82) is 0 Å². The maximum atomic E-state index is 12.1. The molecule has 18 heavy (non-hydrogen) atoms. The van der Waals surface area contributed by atoms with Crippen LogP contribution in [0.3, 0.4) is 0 Å². The molecule has 2 fully saturated rings. The van der Waals surface area contributed by atoms with Gasteiger partial charge >= 0.3 is 5.97 Å². The maximum absolute atomic E-state index is 12.1. The van der Waals surface area contributed by atoms with E-state index in [0.29, 0.717) is 32.6 Å². The first-order chi connectivity index (χ1) is 8.64. The van der Waals surface area contributed by atoms with E-state index in [-0.39, 0.29) is 5.91 Å². The summed E-state index contributed by atoms with van der Waals surface area (Å²) >= 11 is 0. The Labute approximate surface area is 106 Å². The van der Waals surface area contributed by atoms with Crippen molar-refractivity contribution in [2.75, 3.05) is 19.8 Å². The van der Waals surface area contributed by atoms with Gasteiger partial charge in [0.15, 0.2) is 0 Å². The van der Waals surface area contributed by atoms with Gasteiger partial charge in [-0.3, -0.25) is 4.79 Å². The lowest BCUT2D eigenvalue weighted by Crippen LogP contribution is -2.61. The second-order valence-electron chi connectivity index (χ2n) is 5.02. The van der Waals surface area contributed by atoms with Crippen LogP contribution < -0.4 is 10.6 Å². The number of carboxylic acid groups (broad SMARTS) is 1. The van der Waals surface area contributed by atoms with Crippen molar-refractivity contribution in [3.8, 4) is 0 Å². The molecule has 2 aliphatic rings. The summed E-state index contributed by atoms with van der Waals surface area (Å²) in [7, 11) is 0. The number of hydrogen-bond donors (Lipinski definition) is 3. The number of hydrogen-bond acceptors (Lipinski definition) is 4. The first kappa shape index (κ1) is 13.3. The fourth-order valence-corrected chi connectivity index (χ4v) is 2.60. The Kier molecular flexibility index (Phi) is 4.19. The molecule has 1 atom stereocenters. The van der Waals surface area contributed by atoms with Crippen molar-refractivity contribution in [1.82, 2.24) is 10.6 Å². The number of nitrogens with one attached hydrogen (secondary N) is 2. The number of ether oxygens (including phenoxy) is 1. The number of rotatable bonds is 3. The second-order valence-corrected chi connectivity index (χ2v) is 5.02. The minimum absolute atomic E-state index is 0.265. The Morgan fingerprint density at radius 3 is 2.56 bits per heavy atom. The van der Waals surface area contributed by atoms with Gasteiger partial charge < -0.3 is 20.5 Å². The largest absolute Gasteiger partial charge is 0.480 e. The predicted octanol–water partition coefficient (Wildman–Crippen LogP) is -0.122. The van der Waals surface area contributed by atoms with Crippen molar-refractivity contribution in [3.63, 3.8) is 0 Å². The number of carbonyl (C=O) groups is 2. The molecular formula is C12H20N2O4. The molecule has 6 nitrogen and oxygen atoms in total. The fourth-order valence-electron chi connectivity index (χ4n) is 2.60. The zero-order valence-electron chi connectivity index (χ0n) is 10.4. The van der Waals surface area contributed by atoms with Gasteiger partial charge in [0.1, 0.15) is 11.6 Å². The van der Waals surface area contributed by atoms with E-state index in [1.54, 1.807) is 0 Å². The van der Waals surface area contributed by atoms with E-state index in [1.165, 1.54) is 0 Å². The van der Waals surface area contributed by atoms with Crippen LogP contribution in [0, 0.1) is 0 Å². The molecule has 1 saturated heterocycles. The fraction of sp³-hybridized carbons (Fsp3) is 0.833. The van der Waals surface area contributed by atoms with Gasteiger partial charge in [0.05, 0.1) is 13.2 Å². The first-order valence-electron chi connectivity index (χ1n) is 6.51. The summed E-state index contributed by atoms with van der Waals surface area (Å²) in [6, 6.07) is -0.433. The van der Waals surface area contributed by atoms with E-state index in [9.17, 15) is 14.7 Å². The highest BCUT2D eigenvalue weighted by Crippen LogP contribution is 2.28. The lowest BCUT2D eigenvalue weighted by molar-refractivity contribution is -0.150. The van der Waals surface area contributed by atoms with Crippen LogP contribution in [0.1, 0.15) is 32.1 Å². The Hall–Kier alpha value is -1.14. The van der Waals surface area contributed by atoms with E-state index in [2.05, 4.69) is 10.6 Å². The molecule has 6 heteroatoms. The summed E-state index contributed by atoms with van der Waals surface area (Å²) in [5, 5.41) is 15.1. The lowest BCUT2D eigenvalue weighted by Gasteiger charge is -2.35. The third kappa shape index (κ3) is 2.81. The minimum Gasteiger partial charge on any atom is -0.480 e. The summed E-state index contributed by atoms with van der Waals surface area (Å²) in [5.74, 6) is -1.19. The van der Waals surface area contributed by atoms with E-state index in [1.807, 2.05) is 0 Å². The topological polar surface area (TPSA) is 87.7 Å². The second kappa shape index (κ2) is 5.67. The third-order valence-electron chi connectivity index (χ3n) is 3.72. The maximum Gasteiger partial charge on any atom is 0.329 e. The van der Waals surface area contributed by atoms with E-state index >= 15 is 0 Å². The van der Waals surface area contributed by atoms with Crippen LogP contribution in [-0.2, 0) is 14.3 Å². The van der Waals surface area contributed by atoms with Gasteiger partial charge in [-0.05, 0) is 12.8 Å². The molecule has 2 rings (SSSR count). The number of aliphatic carboxylic acids is 1. The van der Waals surface area contributed by atoms with Crippen LogP contribution in [0.25, 0.3) is 0 Å². The summed E-state index contributed by atoms with van der Waals surface area (Å²) < 4.78 is 5.22. The predicted molar refractivity (Wildman–Crippen MR) is 64.2 cm³/mol. The summed E-state index contributed by atoms with van der Waals surface area (Å²) in [6.07, 6.45) is 3.77. The SMILES string of the molecule is O=C(NC1(C(=O)O)CCCCC1)C1COCCN1. The van der Waals surface area contributed by atoms with Gasteiger partial charge in [0.25, 0.3) is 0 Å². The quantitative estimate of drug-likeness (QED) is 0.655. The number of morpholine rings is 1. The van der Waals surface area contributed by atoms with Gasteiger partial charge in [-0.1, -0.05) is 19.3 Å². The molecule has 1 aliphatic carbocycles. The van der Waals surface area contributed by atoms with Gasteiger partial charge in [-0.2, -0.15) is 0 Å². The van der Waals surface area contributed by atoms with Gasteiger partial charge in [-0.25, -0.2) is 4.79 Å². The summed E-state index contributed by atoms with van der Waals surface area (Å²) in [6.45, 7) is 1.52. The Balaban J connectivity index is 1.99. The zero-order chi connectivity index (χ0) is 13.0.